The van der Waals surface area contributed by atoms with Gasteiger partial charge in [0.15, 0.2) is 0 Å². The van der Waals surface area contributed by atoms with Crippen molar-refractivity contribution in [3.63, 3.8) is 0 Å². The van der Waals surface area contributed by atoms with E-state index in [9.17, 15) is 9.59 Å². The maximum atomic E-state index is 12.6. The number of hydrogen-bond donors (Lipinski definition) is 1. The lowest BCUT2D eigenvalue weighted by molar-refractivity contribution is 0.0860. The first-order chi connectivity index (χ1) is 13.1. The van der Waals surface area contributed by atoms with Crippen molar-refractivity contribution in [3.8, 4) is 0 Å². The summed E-state index contributed by atoms with van der Waals surface area (Å²) in [4.78, 5) is 34.9. The zero-order valence-electron chi connectivity index (χ0n) is 16.2. The van der Waals surface area contributed by atoms with Crippen LogP contribution in [0.3, 0.4) is 0 Å². The molecule has 2 fully saturated rings. The first kappa shape index (κ1) is 19.4. The third-order valence-corrected chi connectivity index (χ3v) is 5.21. The molecule has 8 heteroatoms. The van der Waals surface area contributed by atoms with Crippen molar-refractivity contribution in [2.45, 2.75) is 25.8 Å². The maximum absolute atomic E-state index is 12.6. The highest BCUT2D eigenvalue weighted by molar-refractivity contribution is 5.95. The van der Waals surface area contributed by atoms with E-state index in [1.54, 1.807) is 18.0 Å². The second-order valence-corrected chi connectivity index (χ2v) is 7.16. The number of hydrogen-bond acceptors (Lipinski definition) is 6. The molecule has 0 aliphatic carbocycles. The highest BCUT2D eigenvalue weighted by atomic mass is 16.6. The first-order valence-electron chi connectivity index (χ1n) is 9.68. The lowest BCUT2D eigenvalue weighted by Crippen LogP contribution is -2.46. The smallest absolute Gasteiger partial charge is 0.409 e. The number of carbonyl (C=O) groups excluding carboxylic acids is 2. The van der Waals surface area contributed by atoms with Gasteiger partial charge in [-0.25, -0.2) is 4.79 Å². The Morgan fingerprint density at radius 2 is 1.85 bits per heavy atom. The summed E-state index contributed by atoms with van der Waals surface area (Å²) in [5.74, 6) is -0.104. The van der Waals surface area contributed by atoms with E-state index in [0.29, 0.717) is 25.3 Å². The zero-order chi connectivity index (χ0) is 19.2. The number of likely N-dealkylation sites (tertiary alicyclic amines) is 1. The van der Waals surface area contributed by atoms with Gasteiger partial charge in [-0.05, 0) is 32.9 Å². The number of anilines is 1. The summed E-state index contributed by atoms with van der Waals surface area (Å²) in [5.41, 5.74) is 1.58. The molecule has 8 nitrogen and oxygen atoms in total. The van der Waals surface area contributed by atoms with Gasteiger partial charge in [-0.2, -0.15) is 0 Å². The number of amides is 2. The fourth-order valence-electron chi connectivity index (χ4n) is 3.48. The summed E-state index contributed by atoms with van der Waals surface area (Å²) in [7, 11) is 2.12. The summed E-state index contributed by atoms with van der Waals surface area (Å²) in [6.45, 7) is 7.28. The Morgan fingerprint density at radius 3 is 2.52 bits per heavy atom. The Kier molecular flexibility index (Phi) is 6.49. The lowest BCUT2D eigenvalue weighted by atomic mass is 10.0. The third kappa shape index (κ3) is 5.09. The van der Waals surface area contributed by atoms with E-state index in [1.807, 2.05) is 12.3 Å². The van der Waals surface area contributed by atoms with Gasteiger partial charge in [0.2, 0.25) is 0 Å². The van der Waals surface area contributed by atoms with E-state index in [4.69, 9.17) is 4.74 Å². The molecule has 3 heterocycles. The molecule has 0 atom stereocenters. The normalized spacial score (nSPS) is 19.0. The molecule has 0 unspecified atom stereocenters. The van der Waals surface area contributed by atoms with E-state index in [0.717, 1.165) is 44.7 Å². The molecule has 1 aromatic heterocycles. The number of rotatable bonds is 4. The second kappa shape index (κ2) is 9.03. The van der Waals surface area contributed by atoms with Crippen molar-refractivity contribution in [2.24, 2.45) is 0 Å². The predicted octanol–water partition coefficient (Wildman–Crippen LogP) is 1.18. The third-order valence-electron chi connectivity index (χ3n) is 5.21. The summed E-state index contributed by atoms with van der Waals surface area (Å²) >= 11 is 0. The highest BCUT2D eigenvalue weighted by Crippen LogP contribution is 2.17. The van der Waals surface area contributed by atoms with Gasteiger partial charge in [0, 0.05) is 51.5 Å². The van der Waals surface area contributed by atoms with Crippen LogP contribution in [0.5, 0.6) is 0 Å². The first-order valence-corrected chi connectivity index (χ1v) is 9.68. The van der Waals surface area contributed by atoms with Gasteiger partial charge >= 0.3 is 6.09 Å². The number of likely N-dealkylation sites (N-methyl/N-ethyl adjacent to an activating group) is 1. The van der Waals surface area contributed by atoms with Crippen LogP contribution in [-0.4, -0.2) is 85.7 Å². The molecule has 1 N–H and O–H groups in total. The molecule has 0 radical (unpaired) electrons. The van der Waals surface area contributed by atoms with Crippen LogP contribution in [0, 0.1) is 0 Å². The minimum atomic E-state index is -0.272. The largest absolute Gasteiger partial charge is 0.450 e. The molecule has 2 aliphatic heterocycles. The number of nitrogens with zero attached hydrogens (tertiary/aromatic N) is 4. The van der Waals surface area contributed by atoms with Crippen LogP contribution >= 0.6 is 0 Å². The summed E-state index contributed by atoms with van der Waals surface area (Å²) < 4.78 is 5.03. The standard InChI is InChI=1S/C19H29N5O3/c1-3-27-19(26)24-6-4-16(5-7-24)21-18(25)15-12-17(14-20-13-15)23-10-8-22(2)9-11-23/h12-14,16H,3-11H2,1-2H3,(H,21,25). The van der Waals surface area contributed by atoms with Crippen LogP contribution in [0.2, 0.25) is 0 Å². The number of aromatic nitrogens is 1. The molecule has 27 heavy (non-hydrogen) atoms. The molecule has 2 aliphatic rings. The molecule has 0 aromatic carbocycles. The number of ether oxygens (including phenoxy) is 1. The van der Waals surface area contributed by atoms with Crippen molar-refractivity contribution in [3.05, 3.63) is 24.0 Å². The summed E-state index contributed by atoms with van der Waals surface area (Å²) in [6, 6.07) is 1.98. The summed E-state index contributed by atoms with van der Waals surface area (Å²) in [6.07, 6.45) is 4.63. The fraction of sp³-hybridized carbons (Fsp3) is 0.632. The topological polar surface area (TPSA) is 78.0 Å². The van der Waals surface area contributed by atoms with Crippen molar-refractivity contribution in [2.75, 3.05) is 57.8 Å². The quantitative estimate of drug-likeness (QED) is 0.852. The Hall–Kier alpha value is -2.35. The minimum Gasteiger partial charge on any atom is -0.450 e. The molecule has 0 bridgehead atoms. The molecule has 148 valence electrons. The average molecular weight is 375 g/mol. The Bertz CT molecular complexity index is 653. The van der Waals surface area contributed by atoms with Gasteiger partial charge in [0.05, 0.1) is 24.1 Å². The predicted molar refractivity (Wildman–Crippen MR) is 103 cm³/mol. The van der Waals surface area contributed by atoms with Crippen LogP contribution in [0.25, 0.3) is 0 Å². The molecule has 2 saturated heterocycles. The van der Waals surface area contributed by atoms with Gasteiger partial charge in [0.25, 0.3) is 5.91 Å². The van der Waals surface area contributed by atoms with Gasteiger partial charge in [-0.1, -0.05) is 0 Å². The number of piperidine rings is 1. The van der Waals surface area contributed by atoms with Crippen LogP contribution in [0.4, 0.5) is 10.5 Å². The van der Waals surface area contributed by atoms with Crippen molar-refractivity contribution < 1.29 is 14.3 Å². The molecule has 0 saturated carbocycles. The van der Waals surface area contributed by atoms with Gasteiger partial charge < -0.3 is 24.8 Å². The monoisotopic (exact) mass is 375 g/mol. The van der Waals surface area contributed by atoms with Gasteiger partial charge in [-0.3, -0.25) is 9.78 Å². The lowest BCUT2D eigenvalue weighted by Gasteiger charge is -2.34. The summed E-state index contributed by atoms with van der Waals surface area (Å²) in [5, 5.41) is 3.08. The molecular formula is C19H29N5O3. The molecule has 1 aromatic rings. The van der Waals surface area contributed by atoms with Gasteiger partial charge in [-0.15, -0.1) is 0 Å². The molecule has 3 rings (SSSR count). The second-order valence-electron chi connectivity index (χ2n) is 7.16. The van der Waals surface area contributed by atoms with E-state index in [2.05, 4.69) is 27.1 Å². The van der Waals surface area contributed by atoms with Crippen LogP contribution in [-0.2, 0) is 4.74 Å². The number of nitrogens with one attached hydrogen (secondary N) is 1. The Balaban J connectivity index is 1.53. The molecule has 0 spiro atoms. The Morgan fingerprint density at radius 1 is 1.15 bits per heavy atom. The molecule has 2 amide bonds. The van der Waals surface area contributed by atoms with Crippen LogP contribution in [0.15, 0.2) is 18.5 Å². The van der Waals surface area contributed by atoms with E-state index in [1.165, 1.54) is 0 Å². The maximum Gasteiger partial charge on any atom is 0.409 e. The van der Waals surface area contributed by atoms with Crippen molar-refractivity contribution in [1.29, 1.82) is 0 Å². The van der Waals surface area contributed by atoms with Crippen molar-refractivity contribution >= 4 is 17.7 Å². The zero-order valence-corrected chi connectivity index (χ0v) is 16.2. The highest BCUT2D eigenvalue weighted by Gasteiger charge is 2.25. The van der Waals surface area contributed by atoms with E-state index in [-0.39, 0.29) is 18.0 Å². The van der Waals surface area contributed by atoms with Crippen LogP contribution in [0.1, 0.15) is 30.1 Å². The SMILES string of the molecule is CCOC(=O)N1CCC(NC(=O)c2cncc(N3CCN(C)CC3)c2)CC1. The average Bonchev–Trinajstić information content (AvgIpc) is 2.69. The minimum absolute atomic E-state index is 0.0652. The number of piperazine rings is 1. The van der Waals surface area contributed by atoms with E-state index >= 15 is 0 Å². The van der Waals surface area contributed by atoms with E-state index < -0.39 is 0 Å². The van der Waals surface area contributed by atoms with Crippen LogP contribution < -0.4 is 10.2 Å². The molecular weight excluding hydrogens is 346 g/mol. The number of carbonyl (C=O) groups is 2. The Labute approximate surface area is 160 Å². The number of pyridine rings is 1. The van der Waals surface area contributed by atoms with Gasteiger partial charge in [0.1, 0.15) is 0 Å². The van der Waals surface area contributed by atoms with Crippen molar-refractivity contribution in [1.82, 2.24) is 20.1 Å². The fourth-order valence-corrected chi connectivity index (χ4v) is 3.48.